The molecule has 0 aliphatic rings. The molecule has 1 heterocycles. The molecule has 0 atom stereocenters. The number of carbonyl (C=O) groups is 1. The molecule has 1 N–H and O–H groups in total. The SMILES string of the molecule is Cc1ccc(NC(=O)c2cc3ccccc3c(=O)s2)c(C)c1. The molecule has 3 rings (SSSR count). The minimum absolute atomic E-state index is 0.0936. The first-order valence-electron chi connectivity index (χ1n) is 6.96. The second-order valence-electron chi connectivity index (χ2n) is 5.26. The molecule has 0 unspecified atom stereocenters. The lowest BCUT2D eigenvalue weighted by molar-refractivity contribution is 0.103. The van der Waals surface area contributed by atoms with Crippen LogP contribution in [0.15, 0.2) is 53.3 Å². The lowest BCUT2D eigenvalue weighted by Gasteiger charge is -2.09. The van der Waals surface area contributed by atoms with Gasteiger partial charge in [-0.05, 0) is 43.0 Å². The van der Waals surface area contributed by atoms with Gasteiger partial charge in [0.1, 0.15) is 0 Å². The lowest BCUT2D eigenvalue weighted by Crippen LogP contribution is -2.13. The van der Waals surface area contributed by atoms with Crippen molar-refractivity contribution in [2.24, 2.45) is 0 Å². The Hall–Kier alpha value is -2.46. The van der Waals surface area contributed by atoms with E-state index in [2.05, 4.69) is 5.32 Å². The van der Waals surface area contributed by atoms with Crippen LogP contribution >= 0.6 is 11.3 Å². The fraction of sp³-hybridized carbons (Fsp3) is 0.111. The van der Waals surface area contributed by atoms with E-state index in [1.807, 2.05) is 50.2 Å². The van der Waals surface area contributed by atoms with Crippen LogP contribution in [0, 0.1) is 13.8 Å². The summed E-state index contributed by atoms with van der Waals surface area (Å²) in [5.41, 5.74) is 2.91. The van der Waals surface area contributed by atoms with Crippen LogP contribution in [0.4, 0.5) is 5.69 Å². The van der Waals surface area contributed by atoms with Crippen molar-refractivity contribution in [3.63, 3.8) is 0 Å². The number of aryl methyl sites for hydroxylation is 2. The summed E-state index contributed by atoms with van der Waals surface area (Å²) < 4.78 is -0.0936. The molecule has 0 aliphatic heterocycles. The molecule has 0 saturated heterocycles. The highest BCUT2D eigenvalue weighted by molar-refractivity contribution is 7.12. The average molecular weight is 309 g/mol. The molecule has 0 bridgehead atoms. The summed E-state index contributed by atoms with van der Waals surface area (Å²) >= 11 is 0.976. The topological polar surface area (TPSA) is 46.2 Å². The summed E-state index contributed by atoms with van der Waals surface area (Å²) in [6.07, 6.45) is 0. The van der Waals surface area contributed by atoms with Crippen molar-refractivity contribution in [1.82, 2.24) is 0 Å². The van der Waals surface area contributed by atoms with E-state index in [0.29, 0.717) is 10.3 Å². The molecule has 1 aromatic heterocycles. The number of nitrogens with one attached hydrogen (secondary N) is 1. The summed E-state index contributed by atoms with van der Waals surface area (Å²) in [6, 6.07) is 14.9. The Morgan fingerprint density at radius 1 is 1.05 bits per heavy atom. The van der Waals surface area contributed by atoms with Crippen molar-refractivity contribution in [3.8, 4) is 0 Å². The highest BCUT2D eigenvalue weighted by atomic mass is 32.1. The van der Waals surface area contributed by atoms with Crippen LogP contribution in [-0.2, 0) is 0 Å². The van der Waals surface area contributed by atoms with E-state index in [0.717, 1.165) is 33.5 Å². The molecule has 2 aromatic carbocycles. The number of hydrogen-bond donors (Lipinski definition) is 1. The standard InChI is InChI=1S/C18H15NO2S/c1-11-7-8-15(12(2)9-11)19-17(20)16-10-13-5-3-4-6-14(13)18(21)22-16/h3-10H,1-2H3,(H,19,20). The average Bonchev–Trinajstić information content (AvgIpc) is 2.50. The molecule has 0 saturated carbocycles. The second-order valence-corrected chi connectivity index (χ2v) is 6.27. The molecular weight excluding hydrogens is 294 g/mol. The van der Waals surface area contributed by atoms with Crippen molar-refractivity contribution in [3.05, 3.63) is 74.1 Å². The van der Waals surface area contributed by atoms with E-state index in [4.69, 9.17) is 0 Å². The second kappa shape index (κ2) is 5.73. The van der Waals surface area contributed by atoms with Gasteiger partial charge in [-0.1, -0.05) is 47.2 Å². The molecule has 3 nitrogen and oxygen atoms in total. The summed E-state index contributed by atoms with van der Waals surface area (Å²) in [6.45, 7) is 3.96. The van der Waals surface area contributed by atoms with Gasteiger partial charge in [0.2, 0.25) is 4.74 Å². The van der Waals surface area contributed by atoms with Crippen LogP contribution in [0.2, 0.25) is 0 Å². The summed E-state index contributed by atoms with van der Waals surface area (Å²) in [7, 11) is 0. The molecular formula is C18H15NO2S. The molecule has 4 heteroatoms. The predicted molar refractivity (Wildman–Crippen MR) is 92.0 cm³/mol. The summed E-state index contributed by atoms with van der Waals surface area (Å²) in [4.78, 5) is 24.9. The van der Waals surface area contributed by atoms with Crippen LogP contribution in [0.5, 0.6) is 0 Å². The predicted octanol–water partition coefficient (Wildman–Crippen LogP) is 4.13. The third kappa shape index (κ3) is 2.78. The third-order valence-corrected chi connectivity index (χ3v) is 4.45. The normalized spacial score (nSPS) is 10.6. The van der Waals surface area contributed by atoms with Crippen LogP contribution < -0.4 is 10.1 Å². The number of amides is 1. The Morgan fingerprint density at radius 2 is 1.82 bits per heavy atom. The quantitative estimate of drug-likeness (QED) is 0.773. The Balaban J connectivity index is 1.97. The maximum absolute atomic E-state index is 12.4. The summed E-state index contributed by atoms with van der Waals surface area (Å²) in [5, 5.41) is 4.32. The zero-order valence-electron chi connectivity index (χ0n) is 12.3. The monoisotopic (exact) mass is 309 g/mol. The third-order valence-electron chi connectivity index (χ3n) is 3.52. The van der Waals surface area contributed by atoms with Gasteiger partial charge in [0.15, 0.2) is 0 Å². The minimum Gasteiger partial charge on any atom is -0.321 e. The highest BCUT2D eigenvalue weighted by Gasteiger charge is 2.11. The molecule has 22 heavy (non-hydrogen) atoms. The van der Waals surface area contributed by atoms with E-state index in [9.17, 15) is 9.59 Å². The Labute approximate surface area is 132 Å². The first kappa shape index (κ1) is 14.5. The maximum Gasteiger partial charge on any atom is 0.265 e. The number of rotatable bonds is 2. The van der Waals surface area contributed by atoms with E-state index < -0.39 is 0 Å². The van der Waals surface area contributed by atoms with Gasteiger partial charge in [-0.25, -0.2) is 0 Å². The van der Waals surface area contributed by atoms with Gasteiger partial charge in [-0.15, -0.1) is 0 Å². The van der Waals surface area contributed by atoms with Crippen molar-refractivity contribution < 1.29 is 4.79 Å². The fourth-order valence-corrected chi connectivity index (χ4v) is 3.21. The van der Waals surface area contributed by atoms with Gasteiger partial charge in [0.05, 0.1) is 4.88 Å². The molecule has 0 aliphatic carbocycles. The number of anilines is 1. The molecule has 0 radical (unpaired) electrons. The Kier molecular flexibility index (Phi) is 3.77. The lowest BCUT2D eigenvalue weighted by atomic mass is 10.1. The highest BCUT2D eigenvalue weighted by Crippen LogP contribution is 2.19. The minimum atomic E-state index is -0.250. The van der Waals surface area contributed by atoms with Crippen LogP contribution in [0.3, 0.4) is 0 Å². The first-order chi connectivity index (χ1) is 10.5. The van der Waals surface area contributed by atoms with Gasteiger partial charge in [-0.2, -0.15) is 0 Å². The van der Waals surface area contributed by atoms with Gasteiger partial charge < -0.3 is 5.32 Å². The van der Waals surface area contributed by atoms with Crippen molar-refractivity contribution in [2.45, 2.75) is 13.8 Å². The fourth-order valence-electron chi connectivity index (χ4n) is 2.38. The number of fused-ring (bicyclic) bond motifs is 1. The molecule has 0 fully saturated rings. The van der Waals surface area contributed by atoms with Crippen molar-refractivity contribution in [2.75, 3.05) is 5.32 Å². The smallest absolute Gasteiger partial charge is 0.265 e. The zero-order chi connectivity index (χ0) is 15.7. The zero-order valence-corrected chi connectivity index (χ0v) is 13.2. The van der Waals surface area contributed by atoms with Gasteiger partial charge in [0, 0.05) is 11.1 Å². The van der Waals surface area contributed by atoms with Gasteiger partial charge in [-0.3, -0.25) is 9.59 Å². The van der Waals surface area contributed by atoms with E-state index in [1.165, 1.54) is 0 Å². The number of carbonyl (C=O) groups excluding carboxylic acids is 1. The number of benzene rings is 2. The Morgan fingerprint density at radius 3 is 2.59 bits per heavy atom. The molecule has 1 amide bonds. The van der Waals surface area contributed by atoms with Gasteiger partial charge in [0.25, 0.3) is 5.91 Å². The van der Waals surface area contributed by atoms with Crippen LogP contribution in [0.1, 0.15) is 20.8 Å². The number of hydrogen-bond acceptors (Lipinski definition) is 3. The van der Waals surface area contributed by atoms with Gasteiger partial charge >= 0.3 is 0 Å². The van der Waals surface area contributed by atoms with E-state index in [-0.39, 0.29) is 10.6 Å². The largest absolute Gasteiger partial charge is 0.321 e. The van der Waals surface area contributed by atoms with Crippen molar-refractivity contribution in [1.29, 1.82) is 0 Å². The van der Waals surface area contributed by atoms with E-state index in [1.54, 1.807) is 12.1 Å². The van der Waals surface area contributed by atoms with Crippen molar-refractivity contribution >= 4 is 33.7 Å². The molecule has 0 spiro atoms. The van der Waals surface area contributed by atoms with Crippen LogP contribution in [0.25, 0.3) is 10.8 Å². The Bertz CT molecular complexity index is 928. The first-order valence-corrected chi connectivity index (χ1v) is 7.78. The molecule has 3 aromatic rings. The molecule has 110 valence electrons. The van der Waals surface area contributed by atoms with E-state index >= 15 is 0 Å². The maximum atomic E-state index is 12.4. The summed E-state index contributed by atoms with van der Waals surface area (Å²) in [5.74, 6) is -0.250. The van der Waals surface area contributed by atoms with Crippen LogP contribution in [-0.4, -0.2) is 5.91 Å².